The lowest BCUT2D eigenvalue weighted by molar-refractivity contribution is 0.0614. The third-order valence-corrected chi connectivity index (χ3v) is 5.71. The van der Waals surface area contributed by atoms with Gasteiger partial charge in [0.25, 0.3) is 5.91 Å². The van der Waals surface area contributed by atoms with Crippen molar-refractivity contribution in [2.45, 2.75) is 20.1 Å². The second-order valence-corrected chi connectivity index (χ2v) is 7.79. The summed E-state index contributed by atoms with van der Waals surface area (Å²) < 4.78 is 43.9. The van der Waals surface area contributed by atoms with Gasteiger partial charge >= 0.3 is 0 Å². The van der Waals surface area contributed by atoms with Gasteiger partial charge in [-0.05, 0) is 25.1 Å². The topological polar surface area (TPSA) is 68.0 Å². The van der Waals surface area contributed by atoms with Crippen molar-refractivity contribution in [2.24, 2.45) is 0 Å². The summed E-state index contributed by atoms with van der Waals surface area (Å²) in [6, 6.07) is 11.4. The van der Waals surface area contributed by atoms with E-state index in [9.17, 15) is 13.6 Å². The first-order valence-corrected chi connectivity index (χ1v) is 10.6. The Morgan fingerprint density at radius 1 is 1.06 bits per heavy atom. The monoisotopic (exact) mass is 457 g/mol. The molecule has 1 fully saturated rings. The summed E-state index contributed by atoms with van der Waals surface area (Å²) >= 11 is 0. The molecule has 2 aromatic carbocycles. The Hall–Kier alpha value is -3.46. The van der Waals surface area contributed by atoms with E-state index < -0.39 is 11.6 Å². The number of carbonyl (C=O) groups excluding carboxylic acids is 1. The molecule has 7 nitrogen and oxygen atoms in total. The molecule has 1 aliphatic rings. The molecule has 0 atom stereocenters. The SMILES string of the molecule is COc1ccccc1OCc1c(C(=O)N2CCN(Cc3cccc(F)c3F)CC2)noc1C. The molecule has 0 saturated carbocycles. The van der Waals surface area contributed by atoms with E-state index in [4.69, 9.17) is 14.0 Å². The molecule has 0 spiro atoms. The highest BCUT2D eigenvalue weighted by molar-refractivity contribution is 5.93. The fraction of sp³-hybridized carbons (Fsp3) is 0.333. The Balaban J connectivity index is 1.39. The van der Waals surface area contributed by atoms with Crippen molar-refractivity contribution in [3.63, 3.8) is 0 Å². The van der Waals surface area contributed by atoms with Crippen molar-refractivity contribution < 1.29 is 27.6 Å². The predicted molar refractivity (Wildman–Crippen MR) is 116 cm³/mol. The number of halogens is 2. The van der Waals surface area contributed by atoms with Gasteiger partial charge in [0.15, 0.2) is 28.8 Å². The van der Waals surface area contributed by atoms with Gasteiger partial charge < -0.3 is 18.9 Å². The number of ether oxygens (including phenoxy) is 2. The highest BCUT2D eigenvalue weighted by atomic mass is 19.2. The predicted octanol–water partition coefficient (Wildman–Crippen LogP) is 3.81. The standard InChI is InChI=1S/C24H25F2N3O4/c1-16-18(15-32-21-9-4-3-8-20(21)31-2)23(27-33-16)24(30)29-12-10-28(11-13-29)14-17-6-5-7-19(25)22(17)26/h3-9H,10-15H2,1-2H3. The second-order valence-electron chi connectivity index (χ2n) is 7.79. The van der Waals surface area contributed by atoms with Gasteiger partial charge in [0, 0.05) is 38.3 Å². The van der Waals surface area contributed by atoms with Crippen LogP contribution in [-0.2, 0) is 13.2 Å². The number of aryl methyl sites for hydroxylation is 1. The first-order chi connectivity index (χ1) is 16.0. The molecule has 174 valence electrons. The van der Waals surface area contributed by atoms with Crippen LogP contribution in [0.1, 0.15) is 27.4 Å². The number of rotatable bonds is 7. The Bertz CT molecular complexity index is 1130. The molecule has 9 heteroatoms. The second kappa shape index (κ2) is 9.99. The zero-order valence-electron chi connectivity index (χ0n) is 18.5. The summed E-state index contributed by atoms with van der Waals surface area (Å²) in [5.41, 5.74) is 1.10. The summed E-state index contributed by atoms with van der Waals surface area (Å²) in [5, 5.41) is 3.97. The molecule has 2 heterocycles. The average Bonchev–Trinajstić information content (AvgIpc) is 3.21. The van der Waals surface area contributed by atoms with Gasteiger partial charge in [0.1, 0.15) is 12.4 Å². The quantitative estimate of drug-likeness (QED) is 0.538. The number of aromatic nitrogens is 1. The molecule has 3 aromatic rings. The van der Waals surface area contributed by atoms with E-state index in [1.165, 1.54) is 6.07 Å². The van der Waals surface area contributed by atoms with Crippen molar-refractivity contribution in [3.8, 4) is 11.5 Å². The largest absolute Gasteiger partial charge is 0.493 e. The van der Waals surface area contributed by atoms with Gasteiger partial charge in [-0.15, -0.1) is 0 Å². The van der Waals surface area contributed by atoms with Crippen LogP contribution in [0.2, 0.25) is 0 Å². The molecule has 0 bridgehead atoms. The molecule has 0 N–H and O–H groups in total. The molecule has 1 amide bonds. The number of amides is 1. The molecular weight excluding hydrogens is 432 g/mol. The summed E-state index contributed by atoms with van der Waals surface area (Å²) in [7, 11) is 1.56. The number of hydrogen-bond acceptors (Lipinski definition) is 6. The minimum atomic E-state index is -0.856. The lowest BCUT2D eigenvalue weighted by Crippen LogP contribution is -2.48. The minimum Gasteiger partial charge on any atom is -0.493 e. The average molecular weight is 457 g/mol. The highest BCUT2D eigenvalue weighted by Gasteiger charge is 2.28. The van der Waals surface area contributed by atoms with Crippen molar-refractivity contribution in [3.05, 3.63) is 76.7 Å². The zero-order chi connectivity index (χ0) is 23.4. The van der Waals surface area contributed by atoms with Crippen LogP contribution in [0.15, 0.2) is 47.0 Å². The molecule has 33 heavy (non-hydrogen) atoms. The van der Waals surface area contributed by atoms with Gasteiger partial charge in [0.05, 0.1) is 12.7 Å². The minimum absolute atomic E-state index is 0.107. The molecule has 4 rings (SSSR count). The summed E-state index contributed by atoms with van der Waals surface area (Å²) in [5.74, 6) is -0.280. The van der Waals surface area contributed by atoms with Gasteiger partial charge in [0.2, 0.25) is 0 Å². The Labute approximate surface area is 190 Å². The smallest absolute Gasteiger partial charge is 0.276 e. The molecule has 1 aromatic heterocycles. The maximum atomic E-state index is 14.0. The number of hydrogen-bond donors (Lipinski definition) is 0. The third kappa shape index (κ3) is 4.98. The summed E-state index contributed by atoms with van der Waals surface area (Å²) in [6.45, 7) is 4.07. The molecular formula is C24H25F2N3O4. The van der Waals surface area contributed by atoms with Gasteiger partial charge in [-0.2, -0.15) is 0 Å². The van der Waals surface area contributed by atoms with Crippen LogP contribution < -0.4 is 9.47 Å². The lowest BCUT2D eigenvalue weighted by Gasteiger charge is -2.34. The normalized spacial score (nSPS) is 14.4. The van der Waals surface area contributed by atoms with Gasteiger partial charge in [-0.1, -0.05) is 29.4 Å². The van der Waals surface area contributed by atoms with E-state index in [1.807, 2.05) is 17.0 Å². The number of methoxy groups -OCH3 is 1. The Kier molecular flexibility index (Phi) is 6.88. The molecule has 0 unspecified atom stereocenters. The van der Waals surface area contributed by atoms with Crippen LogP contribution in [0.4, 0.5) is 8.78 Å². The molecule has 0 radical (unpaired) electrons. The van der Waals surface area contributed by atoms with Crippen molar-refractivity contribution in [1.29, 1.82) is 0 Å². The van der Waals surface area contributed by atoms with Crippen LogP contribution in [0.3, 0.4) is 0 Å². The number of benzene rings is 2. The van der Waals surface area contributed by atoms with Crippen LogP contribution in [-0.4, -0.2) is 54.2 Å². The van der Waals surface area contributed by atoms with E-state index in [2.05, 4.69) is 5.16 Å². The van der Waals surface area contributed by atoms with E-state index in [-0.39, 0.29) is 24.8 Å². The number of piperazine rings is 1. The van der Waals surface area contributed by atoms with Gasteiger partial charge in [-0.25, -0.2) is 8.78 Å². The third-order valence-electron chi connectivity index (χ3n) is 5.71. The van der Waals surface area contributed by atoms with E-state index in [0.717, 1.165) is 6.07 Å². The lowest BCUT2D eigenvalue weighted by atomic mass is 10.1. The number of nitrogens with zero attached hydrogens (tertiary/aromatic N) is 3. The highest BCUT2D eigenvalue weighted by Crippen LogP contribution is 2.28. The first kappa shape index (κ1) is 22.7. The van der Waals surface area contributed by atoms with Crippen LogP contribution in [0.5, 0.6) is 11.5 Å². The molecule has 1 saturated heterocycles. The summed E-state index contributed by atoms with van der Waals surface area (Å²) in [6.07, 6.45) is 0. The van der Waals surface area contributed by atoms with Gasteiger partial charge in [-0.3, -0.25) is 9.69 Å². The summed E-state index contributed by atoms with van der Waals surface area (Å²) in [4.78, 5) is 16.8. The van der Waals surface area contributed by atoms with E-state index >= 15 is 0 Å². The van der Waals surface area contributed by atoms with E-state index in [1.54, 1.807) is 37.1 Å². The maximum Gasteiger partial charge on any atom is 0.276 e. The maximum absolute atomic E-state index is 14.0. The zero-order valence-corrected chi connectivity index (χ0v) is 18.5. The number of carbonyl (C=O) groups is 1. The fourth-order valence-corrected chi connectivity index (χ4v) is 3.79. The molecule has 1 aliphatic heterocycles. The Morgan fingerprint density at radius 3 is 2.52 bits per heavy atom. The van der Waals surface area contributed by atoms with E-state index in [0.29, 0.717) is 54.6 Å². The van der Waals surface area contributed by atoms with Crippen LogP contribution in [0, 0.1) is 18.6 Å². The fourth-order valence-electron chi connectivity index (χ4n) is 3.79. The van der Waals surface area contributed by atoms with Crippen LogP contribution in [0.25, 0.3) is 0 Å². The Morgan fingerprint density at radius 2 is 1.79 bits per heavy atom. The van der Waals surface area contributed by atoms with Crippen molar-refractivity contribution >= 4 is 5.91 Å². The first-order valence-electron chi connectivity index (χ1n) is 10.6. The number of para-hydroxylation sites is 2. The van der Waals surface area contributed by atoms with Crippen molar-refractivity contribution in [1.82, 2.24) is 15.0 Å². The molecule has 0 aliphatic carbocycles. The van der Waals surface area contributed by atoms with Crippen LogP contribution >= 0.6 is 0 Å². The van der Waals surface area contributed by atoms with Crippen molar-refractivity contribution in [2.75, 3.05) is 33.3 Å².